The quantitative estimate of drug-likeness (QED) is 0.365. The van der Waals surface area contributed by atoms with Crippen molar-refractivity contribution in [3.05, 3.63) is 100 Å². The number of rotatable bonds is 5. The van der Waals surface area contributed by atoms with Crippen LogP contribution in [-0.4, -0.2) is 52.9 Å². The minimum atomic E-state index is -0.199. The third kappa shape index (κ3) is 4.94. The summed E-state index contributed by atoms with van der Waals surface area (Å²) in [5, 5.41) is 4.60. The van der Waals surface area contributed by atoms with Crippen molar-refractivity contribution in [2.45, 2.75) is 37.8 Å². The van der Waals surface area contributed by atoms with Crippen LogP contribution in [0.2, 0.25) is 5.02 Å². The molecule has 1 saturated heterocycles. The van der Waals surface area contributed by atoms with Crippen molar-refractivity contribution < 1.29 is 9.59 Å². The molecule has 1 aliphatic carbocycles. The standard InChI is InChI=1S/C31H30ClN5O2/c1-36(22-14-16-37(17-15-22)29-24-7-3-5-9-27(24)33-19-34-29)31(39)21-11-10-20-12-13-28(25(20)18-21)35-30(38)23-6-2-4-8-26(23)32/h2-11,18-19,22,28H,12-17H2,1H3,(H,35,38)/t28-/m1/s1. The Bertz CT molecular complexity index is 1540. The maximum absolute atomic E-state index is 13.6. The van der Waals surface area contributed by atoms with E-state index in [9.17, 15) is 9.59 Å². The number of nitrogens with one attached hydrogen (secondary N) is 1. The van der Waals surface area contributed by atoms with Crippen molar-refractivity contribution in [3.63, 3.8) is 0 Å². The number of hydrogen-bond donors (Lipinski definition) is 1. The summed E-state index contributed by atoms with van der Waals surface area (Å²) in [6.45, 7) is 1.65. The molecular formula is C31H30ClN5O2. The highest BCUT2D eigenvalue weighted by Gasteiger charge is 2.30. The number of piperidine rings is 1. The second kappa shape index (κ2) is 10.7. The predicted octanol–water partition coefficient (Wildman–Crippen LogP) is 5.44. The second-order valence-corrected chi connectivity index (χ2v) is 10.7. The third-order valence-electron chi connectivity index (χ3n) is 8.05. The lowest BCUT2D eigenvalue weighted by atomic mass is 10.00. The van der Waals surface area contributed by atoms with Gasteiger partial charge in [0, 0.05) is 37.1 Å². The number of carbonyl (C=O) groups is 2. The lowest BCUT2D eigenvalue weighted by molar-refractivity contribution is 0.0709. The van der Waals surface area contributed by atoms with Gasteiger partial charge in [0.25, 0.3) is 11.8 Å². The van der Waals surface area contributed by atoms with Crippen molar-refractivity contribution in [1.82, 2.24) is 20.2 Å². The molecule has 1 atom stereocenters. The molecule has 198 valence electrons. The highest BCUT2D eigenvalue weighted by atomic mass is 35.5. The molecule has 0 spiro atoms. The molecule has 0 radical (unpaired) electrons. The van der Waals surface area contributed by atoms with E-state index in [1.807, 2.05) is 48.3 Å². The molecule has 1 N–H and O–H groups in total. The summed E-state index contributed by atoms with van der Waals surface area (Å²) in [6, 6.07) is 21.0. The van der Waals surface area contributed by atoms with Crippen LogP contribution in [0.25, 0.3) is 10.9 Å². The van der Waals surface area contributed by atoms with Crippen LogP contribution in [0.3, 0.4) is 0 Å². The first kappa shape index (κ1) is 25.3. The fraction of sp³-hybridized carbons (Fsp3) is 0.290. The van der Waals surface area contributed by atoms with E-state index in [4.69, 9.17) is 11.6 Å². The van der Waals surface area contributed by atoms with Gasteiger partial charge in [0.2, 0.25) is 0 Å². The van der Waals surface area contributed by atoms with Gasteiger partial charge in [-0.25, -0.2) is 9.97 Å². The van der Waals surface area contributed by atoms with Gasteiger partial charge >= 0.3 is 0 Å². The molecule has 1 aromatic heterocycles. The molecule has 0 saturated carbocycles. The number of amides is 2. The average Bonchev–Trinajstić information content (AvgIpc) is 3.38. The molecule has 4 aromatic rings. The number of anilines is 1. The van der Waals surface area contributed by atoms with Crippen molar-refractivity contribution in [2.75, 3.05) is 25.0 Å². The first-order chi connectivity index (χ1) is 19.0. The van der Waals surface area contributed by atoms with E-state index >= 15 is 0 Å². The normalized spacial score (nSPS) is 17.2. The Kier molecular flexibility index (Phi) is 6.92. The van der Waals surface area contributed by atoms with E-state index in [1.54, 1.807) is 30.6 Å². The topological polar surface area (TPSA) is 78.4 Å². The Morgan fingerprint density at radius 3 is 2.56 bits per heavy atom. The van der Waals surface area contributed by atoms with Crippen LogP contribution in [0.15, 0.2) is 73.1 Å². The van der Waals surface area contributed by atoms with Crippen LogP contribution in [-0.2, 0) is 6.42 Å². The number of hydrogen-bond acceptors (Lipinski definition) is 5. The summed E-state index contributed by atoms with van der Waals surface area (Å²) >= 11 is 6.23. The van der Waals surface area contributed by atoms with Crippen LogP contribution in [0.1, 0.15) is 57.1 Å². The molecule has 2 heterocycles. The molecule has 0 unspecified atom stereocenters. The molecule has 6 rings (SSSR count). The highest BCUT2D eigenvalue weighted by molar-refractivity contribution is 6.33. The molecule has 2 amide bonds. The van der Waals surface area contributed by atoms with Gasteiger partial charge in [-0.05, 0) is 73.2 Å². The van der Waals surface area contributed by atoms with E-state index in [0.717, 1.165) is 61.1 Å². The van der Waals surface area contributed by atoms with Crippen molar-refractivity contribution in [3.8, 4) is 0 Å². The summed E-state index contributed by atoms with van der Waals surface area (Å²) in [5.74, 6) is 0.763. The zero-order chi connectivity index (χ0) is 26.9. The molecule has 1 fully saturated rings. The number of aryl methyl sites for hydroxylation is 1. The number of aromatic nitrogens is 2. The zero-order valence-corrected chi connectivity index (χ0v) is 22.6. The molecule has 0 bridgehead atoms. The Morgan fingerprint density at radius 1 is 0.974 bits per heavy atom. The maximum atomic E-state index is 13.6. The number of fused-ring (bicyclic) bond motifs is 2. The first-order valence-corrected chi connectivity index (χ1v) is 13.8. The Balaban J connectivity index is 1.13. The molecule has 7 nitrogen and oxygen atoms in total. The van der Waals surface area contributed by atoms with Crippen molar-refractivity contribution in [1.29, 1.82) is 0 Å². The van der Waals surface area contributed by atoms with Gasteiger partial charge in [-0.3, -0.25) is 9.59 Å². The predicted molar refractivity (Wildman–Crippen MR) is 153 cm³/mol. The minimum Gasteiger partial charge on any atom is -0.356 e. The van der Waals surface area contributed by atoms with Gasteiger partial charge in [0.15, 0.2) is 0 Å². The fourth-order valence-corrected chi connectivity index (χ4v) is 6.07. The molecule has 1 aliphatic heterocycles. The SMILES string of the molecule is CN(C(=O)c1ccc2c(c1)[C@H](NC(=O)c1ccccc1Cl)CC2)C1CCN(c2ncnc3ccccc23)CC1. The van der Waals surface area contributed by atoms with Crippen LogP contribution in [0, 0.1) is 0 Å². The number of carbonyl (C=O) groups excluding carboxylic acids is 2. The van der Waals surface area contributed by atoms with Crippen LogP contribution >= 0.6 is 11.6 Å². The van der Waals surface area contributed by atoms with E-state index < -0.39 is 0 Å². The van der Waals surface area contributed by atoms with E-state index in [0.29, 0.717) is 16.1 Å². The first-order valence-electron chi connectivity index (χ1n) is 13.4. The number of halogens is 1. The largest absolute Gasteiger partial charge is 0.356 e. The number of nitrogens with zero attached hydrogens (tertiary/aromatic N) is 4. The van der Waals surface area contributed by atoms with Gasteiger partial charge in [-0.2, -0.15) is 0 Å². The van der Waals surface area contributed by atoms with Crippen LogP contribution in [0.4, 0.5) is 5.82 Å². The van der Waals surface area contributed by atoms with Crippen molar-refractivity contribution >= 4 is 40.1 Å². The lowest BCUT2D eigenvalue weighted by Gasteiger charge is -2.37. The average molecular weight is 540 g/mol. The highest BCUT2D eigenvalue weighted by Crippen LogP contribution is 2.33. The summed E-state index contributed by atoms with van der Waals surface area (Å²) in [6.07, 6.45) is 5.01. The zero-order valence-electron chi connectivity index (χ0n) is 21.8. The van der Waals surface area contributed by atoms with Gasteiger partial charge < -0.3 is 15.1 Å². The minimum absolute atomic E-state index is 0.00631. The Labute approximate surface area is 232 Å². The number of para-hydroxylation sites is 1. The lowest BCUT2D eigenvalue weighted by Crippen LogP contribution is -2.46. The Morgan fingerprint density at radius 2 is 1.74 bits per heavy atom. The molecule has 2 aliphatic rings. The fourth-order valence-electron chi connectivity index (χ4n) is 5.84. The van der Waals surface area contributed by atoms with Crippen LogP contribution < -0.4 is 10.2 Å². The molecular weight excluding hydrogens is 510 g/mol. The summed E-state index contributed by atoms with van der Waals surface area (Å²) in [5.41, 5.74) is 4.24. The summed E-state index contributed by atoms with van der Waals surface area (Å²) in [4.78, 5) is 39.6. The van der Waals surface area contributed by atoms with Gasteiger partial charge in [-0.1, -0.05) is 41.9 Å². The monoisotopic (exact) mass is 539 g/mol. The number of benzene rings is 3. The molecule has 3 aromatic carbocycles. The van der Waals surface area contributed by atoms with E-state index in [1.165, 1.54) is 5.56 Å². The van der Waals surface area contributed by atoms with Gasteiger partial charge in [0.05, 0.1) is 22.1 Å². The summed E-state index contributed by atoms with van der Waals surface area (Å²) < 4.78 is 0. The van der Waals surface area contributed by atoms with Gasteiger partial charge in [0.1, 0.15) is 12.1 Å². The van der Waals surface area contributed by atoms with Crippen LogP contribution in [0.5, 0.6) is 0 Å². The van der Waals surface area contributed by atoms with E-state index in [-0.39, 0.29) is 23.9 Å². The van der Waals surface area contributed by atoms with Gasteiger partial charge in [-0.15, -0.1) is 0 Å². The maximum Gasteiger partial charge on any atom is 0.253 e. The molecule has 8 heteroatoms. The van der Waals surface area contributed by atoms with E-state index in [2.05, 4.69) is 26.3 Å². The Hall–Kier alpha value is -3.97. The van der Waals surface area contributed by atoms with Crippen molar-refractivity contribution in [2.24, 2.45) is 0 Å². The summed E-state index contributed by atoms with van der Waals surface area (Å²) in [7, 11) is 1.90. The smallest absolute Gasteiger partial charge is 0.253 e. The second-order valence-electron chi connectivity index (χ2n) is 10.3. The molecule has 39 heavy (non-hydrogen) atoms. The third-order valence-corrected chi connectivity index (χ3v) is 8.38.